The summed E-state index contributed by atoms with van der Waals surface area (Å²) in [5, 5.41) is 4.64. The van der Waals surface area contributed by atoms with Gasteiger partial charge in [0.05, 0.1) is 0 Å². The van der Waals surface area contributed by atoms with Crippen LogP contribution in [0.4, 0.5) is 4.39 Å². The molecule has 0 saturated heterocycles. The van der Waals surface area contributed by atoms with Gasteiger partial charge in [0, 0.05) is 35.7 Å². The topological polar surface area (TPSA) is 59.2 Å². The van der Waals surface area contributed by atoms with Crippen LogP contribution in [0.15, 0.2) is 83.4 Å². The zero-order valence-electron chi connectivity index (χ0n) is 16.5. The summed E-state index contributed by atoms with van der Waals surface area (Å²) in [6, 6.07) is 22.5. The molecule has 4 rings (SSSR count). The molecule has 0 bridgehead atoms. The molecule has 0 N–H and O–H groups in total. The number of nitrogens with zero attached hydrogens (tertiary/aromatic N) is 3. The Morgan fingerprint density at radius 1 is 1.00 bits per heavy atom. The molecule has 0 atom stereocenters. The highest BCUT2D eigenvalue weighted by Crippen LogP contribution is 2.19. The van der Waals surface area contributed by atoms with Crippen LogP contribution in [0.3, 0.4) is 0 Å². The van der Waals surface area contributed by atoms with E-state index in [1.807, 2.05) is 42.5 Å². The molecule has 0 fully saturated rings. The third-order valence-electron chi connectivity index (χ3n) is 4.74. The Balaban J connectivity index is 1.51. The van der Waals surface area contributed by atoms with E-state index in [2.05, 4.69) is 10.1 Å². The molecular weight excluding hydrogens is 417 g/mol. The van der Waals surface area contributed by atoms with E-state index in [-0.39, 0.29) is 5.91 Å². The molecule has 7 heteroatoms. The molecule has 0 aliphatic carbocycles. The molecule has 0 spiro atoms. The molecule has 1 heterocycles. The molecule has 0 saturated carbocycles. The predicted molar refractivity (Wildman–Crippen MR) is 116 cm³/mol. The second-order valence-corrected chi connectivity index (χ2v) is 7.43. The molecule has 5 nitrogen and oxygen atoms in total. The number of hydrogen-bond donors (Lipinski definition) is 0. The zero-order valence-corrected chi connectivity index (χ0v) is 17.3. The summed E-state index contributed by atoms with van der Waals surface area (Å²) in [7, 11) is 0. The summed E-state index contributed by atoms with van der Waals surface area (Å²) in [5.74, 6) is 0.156. The Kier molecular flexibility index (Phi) is 6.38. The van der Waals surface area contributed by atoms with Crippen LogP contribution in [0.25, 0.3) is 11.4 Å². The number of benzene rings is 3. The van der Waals surface area contributed by atoms with E-state index in [4.69, 9.17) is 16.1 Å². The van der Waals surface area contributed by atoms with Crippen LogP contribution in [-0.4, -0.2) is 27.5 Å². The van der Waals surface area contributed by atoms with Crippen molar-refractivity contribution < 1.29 is 13.7 Å². The Bertz CT molecular complexity index is 1160. The first-order valence-electron chi connectivity index (χ1n) is 9.76. The van der Waals surface area contributed by atoms with Crippen molar-refractivity contribution in [1.82, 2.24) is 15.0 Å². The normalized spacial score (nSPS) is 10.8. The molecular formula is C24H19ClFN3O2. The molecule has 3 aromatic carbocycles. The van der Waals surface area contributed by atoms with Gasteiger partial charge in [-0.05, 0) is 48.0 Å². The number of rotatable bonds is 7. The predicted octanol–water partition coefficient (Wildman–Crippen LogP) is 5.41. The minimum atomic E-state index is -0.449. The lowest BCUT2D eigenvalue weighted by Gasteiger charge is -2.22. The average Bonchev–Trinajstić information content (AvgIpc) is 3.26. The van der Waals surface area contributed by atoms with E-state index in [0.29, 0.717) is 41.8 Å². The van der Waals surface area contributed by atoms with Crippen molar-refractivity contribution in [2.45, 2.75) is 13.0 Å². The first kappa shape index (κ1) is 20.8. The molecule has 156 valence electrons. The maximum Gasteiger partial charge on any atom is 0.254 e. The molecule has 31 heavy (non-hydrogen) atoms. The van der Waals surface area contributed by atoms with Gasteiger partial charge < -0.3 is 9.42 Å². The van der Waals surface area contributed by atoms with Crippen molar-refractivity contribution >= 4 is 17.5 Å². The van der Waals surface area contributed by atoms with Gasteiger partial charge >= 0.3 is 0 Å². The summed E-state index contributed by atoms with van der Waals surface area (Å²) in [6.07, 6.45) is 0.370. The minimum Gasteiger partial charge on any atom is -0.339 e. The van der Waals surface area contributed by atoms with Crippen LogP contribution in [-0.2, 0) is 13.0 Å². The van der Waals surface area contributed by atoms with Gasteiger partial charge in [0.2, 0.25) is 11.7 Å². The molecule has 0 radical (unpaired) electrons. The Labute approximate surface area is 184 Å². The first-order valence-corrected chi connectivity index (χ1v) is 10.1. The fourth-order valence-electron chi connectivity index (χ4n) is 3.16. The summed E-state index contributed by atoms with van der Waals surface area (Å²) >= 11 is 5.92. The fraction of sp³-hybridized carbons (Fsp3) is 0.125. The highest BCUT2D eigenvalue weighted by molar-refractivity contribution is 6.30. The SMILES string of the molecule is O=C(c1cccc(F)c1)N(CCc1nc(-c2ccc(Cl)cc2)no1)Cc1ccccc1. The molecule has 0 aliphatic heterocycles. The lowest BCUT2D eigenvalue weighted by Crippen LogP contribution is -2.32. The Morgan fingerprint density at radius 2 is 1.77 bits per heavy atom. The fourth-order valence-corrected chi connectivity index (χ4v) is 3.29. The van der Waals surface area contributed by atoms with Gasteiger partial charge in [0.1, 0.15) is 5.82 Å². The monoisotopic (exact) mass is 435 g/mol. The van der Waals surface area contributed by atoms with Gasteiger partial charge in [0.25, 0.3) is 5.91 Å². The van der Waals surface area contributed by atoms with Gasteiger partial charge in [-0.3, -0.25) is 4.79 Å². The number of aromatic nitrogens is 2. The van der Waals surface area contributed by atoms with E-state index in [9.17, 15) is 9.18 Å². The summed E-state index contributed by atoms with van der Waals surface area (Å²) < 4.78 is 19.0. The van der Waals surface area contributed by atoms with Crippen LogP contribution in [0, 0.1) is 5.82 Å². The molecule has 4 aromatic rings. The highest BCUT2D eigenvalue weighted by atomic mass is 35.5. The maximum absolute atomic E-state index is 13.6. The van der Waals surface area contributed by atoms with Crippen molar-refractivity contribution in [2.24, 2.45) is 0 Å². The van der Waals surface area contributed by atoms with Gasteiger partial charge in [-0.15, -0.1) is 0 Å². The van der Waals surface area contributed by atoms with Crippen LogP contribution in [0.2, 0.25) is 5.02 Å². The largest absolute Gasteiger partial charge is 0.339 e. The average molecular weight is 436 g/mol. The Morgan fingerprint density at radius 3 is 2.52 bits per heavy atom. The summed E-state index contributed by atoms with van der Waals surface area (Å²) in [6.45, 7) is 0.723. The van der Waals surface area contributed by atoms with Crippen LogP contribution in [0.5, 0.6) is 0 Å². The number of carbonyl (C=O) groups is 1. The third kappa shape index (κ3) is 5.35. The van der Waals surface area contributed by atoms with E-state index in [0.717, 1.165) is 11.1 Å². The van der Waals surface area contributed by atoms with Crippen molar-refractivity contribution in [3.63, 3.8) is 0 Å². The maximum atomic E-state index is 13.6. The molecule has 0 aliphatic rings. The molecule has 1 amide bonds. The quantitative estimate of drug-likeness (QED) is 0.389. The third-order valence-corrected chi connectivity index (χ3v) is 4.99. The molecule has 0 unspecified atom stereocenters. The minimum absolute atomic E-state index is 0.263. The lowest BCUT2D eigenvalue weighted by atomic mass is 10.1. The first-order chi connectivity index (χ1) is 15.1. The Hall–Kier alpha value is -3.51. The van der Waals surface area contributed by atoms with Crippen molar-refractivity contribution in [3.05, 3.63) is 107 Å². The van der Waals surface area contributed by atoms with Gasteiger partial charge in [-0.25, -0.2) is 4.39 Å². The van der Waals surface area contributed by atoms with Crippen LogP contribution < -0.4 is 0 Å². The second kappa shape index (κ2) is 9.53. The van der Waals surface area contributed by atoms with Gasteiger partial charge in [-0.2, -0.15) is 4.98 Å². The van der Waals surface area contributed by atoms with E-state index >= 15 is 0 Å². The van der Waals surface area contributed by atoms with E-state index in [1.54, 1.807) is 23.1 Å². The van der Waals surface area contributed by atoms with Crippen molar-refractivity contribution in [2.75, 3.05) is 6.54 Å². The standard InChI is InChI=1S/C24H19ClFN3O2/c25-20-11-9-18(10-12-20)23-27-22(31-28-23)13-14-29(16-17-5-2-1-3-6-17)24(30)19-7-4-8-21(26)15-19/h1-12,15H,13-14,16H2. The number of hydrogen-bond acceptors (Lipinski definition) is 4. The zero-order chi connectivity index (χ0) is 21.6. The lowest BCUT2D eigenvalue weighted by molar-refractivity contribution is 0.0741. The summed E-state index contributed by atoms with van der Waals surface area (Å²) in [4.78, 5) is 19.1. The smallest absolute Gasteiger partial charge is 0.254 e. The van der Waals surface area contributed by atoms with Crippen LogP contribution in [0.1, 0.15) is 21.8 Å². The number of halogens is 2. The van der Waals surface area contributed by atoms with E-state index < -0.39 is 5.82 Å². The highest BCUT2D eigenvalue weighted by Gasteiger charge is 2.18. The second-order valence-electron chi connectivity index (χ2n) is 6.99. The number of carbonyl (C=O) groups excluding carboxylic acids is 1. The molecule has 1 aromatic heterocycles. The van der Waals surface area contributed by atoms with Crippen molar-refractivity contribution in [1.29, 1.82) is 0 Å². The van der Waals surface area contributed by atoms with Crippen LogP contribution >= 0.6 is 11.6 Å². The van der Waals surface area contributed by atoms with E-state index in [1.165, 1.54) is 18.2 Å². The van der Waals surface area contributed by atoms with Gasteiger partial charge in [0.15, 0.2) is 0 Å². The van der Waals surface area contributed by atoms with Crippen molar-refractivity contribution in [3.8, 4) is 11.4 Å². The van der Waals surface area contributed by atoms with Gasteiger partial charge in [-0.1, -0.05) is 53.2 Å². The summed E-state index contributed by atoms with van der Waals surface area (Å²) in [5.41, 5.74) is 2.05. The number of amides is 1.